The van der Waals surface area contributed by atoms with Crippen LogP contribution in [0.15, 0.2) is 0 Å². The summed E-state index contributed by atoms with van der Waals surface area (Å²) < 4.78 is 0. The predicted molar refractivity (Wildman–Crippen MR) is 41.4 cm³/mol. The van der Waals surface area contributed by atoms with Crippen LogP contribution in [0, 0.1) is 5.92 Å². The Hall–Kier alpha value is -0.570. The van der Waals surface area contributed by atoms with Crippen LogP contribution in [0.4, 0.5) is 0 Å². The molecule has 1 aliphatic heterocycles. The first-order valence-corrected chi connectivity index (χ1v) is 4.26. The third-order valence-corrected chi connectivity index (χ3v) is 2.91. The number of nitrogens with one attached hydrogen (secondary N) is 1. The normalized spacial score (nSPS) is 42.4. The molecule has 1 saturated carbocycles. The molecule has 3 heteroatoms. The number of aliphatic carboxylic acids is 1. The van der Waals surface area contributed by atoms with Crippen molar-refractivity contribution in [1.29, 1.82) is 0 Å². The maximum absolute atomic E-state index is 10.6. The molecule has 0 bridgehead atoms. The minimum Gasteiger partial charge on any atom is -0.480 e. The summed E-state index contributed by atoms with van der Waals surface area (Å²) in [6, 6.07) is 0.251. The molecule has 1 saturated heterocycles. The molecule has 0 aromatic heterocycles. The lowest BCUT2D eigenvalue weighted by molar-refractivity contribution is -0.139. The number of hydrogen-bond donors (Lipinski definition) is 2. The van der Waals surface area contributed by atoms with E-state index in [1.54, 1.807) is 0 Å². The predicted octanol–water partition coefficient (Wildman–Crippen LogP) is 0.714. The van der Waals surface area contributed by atoms with E-state index in [0.29, 0.717) is 12.0 Å². The van der Waals surface area contributed by atoms with Crippen molar-refractivity contribution < 1.29 is 11.3 Å². The second kappa shape index (κ2) is 2.48. The van der Waals surface area contributed by atoms with Crippen LogP contribution in [-0.2, 0) is 4.79 Å². The molecule has 2 fully saturated rings. The van der Waals surface area contributed by atoms with Gasteiger partial charge in [0.1, 0.15) is 6.04 Å². The Morgan fingerprint density at radius 3 is 3.00 bits per heavy atom. The van der Waals surface area contributed by atoms with Crippen molar-refractivity contribution in [2.45, 2.75) is 37.8 Å². The topological polar surface area (TPSA) is 49.3 Å². The molecule has 63 valence electrons. The molecule has 0 amide bonds. The largest absolute Gasteiger partial charge is 0.480 e. The first kappa shape index (κ1) is 7.10. The standard InChI is InChI=1S/C8H13NO2.H/c10-8(11)7-4-5-2-1-3-6(5)9-7;/h5-7,9H,1-4H2,(H,10,11);/t5-,6-,7-;/m0./s1. The van der Waals surface area contributed by atoms with Gasteiger partial charge in [-0.15, -0.1) is 0 Å². The van der Waals surface area contributed by atoms with Crippen LogP contribution < -0.4 is 5.32 Å². The van der Waals surface area contributed by atoms with Crippen LogP contribution in [0.5, 0.6) is 0 Å². The van der Waals surface area contributed by atoms with Gasteiger partial charge in [0.05, 0.1) is 0 Å². The van der Waals surface area contributed by atoms with Crippen LogP contribution in [0.2, 0.25) is 0 Å². The first-order chi connectivity index (χ1) is 5.27. The van der Waals surface area contributed by atoms with E-state index in [0.717, 1.165) is 6.42 Å². The average molecular weight is 156 g/mol. The summed E-state index contributed by atoms with van der Waals surface area (Å²) in [5, 5.41) is 11.9. The number of carbonyl (C=O) groups is 1. The molecule has 3 atom stereocenters. The first-order valence-electron chi connectivity index (χ1n) is 4.26. The van der Waals surface area contributed by atoms with Gasteiger partial charge in [-0.3, -0.25) is 4.79 Å². The molecule has 1 radical (unpaired) electrons. The van der Waals surface area contributed by atoms with E-state index in [1.807, 2.05) is 0 Å². The van der Waals surface area contributed by atoms with Gasteiger partial charge < -0.3 is 10.4 Å². The van der Waals surface area contributed by atoms with Gasteiger partial charge in [0.2, 0.25) is 0 Å². The smallest absolute Gasteiger partial charge is 0.320 e. The van der Waals surface area contributed by atoms with Crippen LogP contribution in [0.3, 0.4) is 0 Å². The second-order valence-electron chi connectivity index (χ2n) is 3.59. The van der Waals surface area contributed by atoms with Gasteiger partial charge in [-0.1, -0.05) is 6.42 Å². The number of rotatable bonds is 1. The summed E-state index contributed by atoms with van der Waals surface area (Å²) in [4.78, 5) is 10.6. The van der Waals surface area contributed by atoms with Crippen molar-refractivity contribution in [1.82, 2.24) is 5.32 Å². The summed E-state index contributed by atoms with van der Waals surface area (Å²) in [5.74, 6) is -0.0319. The van der Waals surface area contributed by atoms with E-state index in [1.165, 1.54) is 19.3 Å². The Morgan fingerprint density at radius 1 is 1.55 bits per heavy atom. The lowest BCUT2D eigenvalue weighted by atomic mass is 10.0. The van der Waals surface area contributed by atoms with Gasteiger partial charge in [0.25, 0.3) is 0 Å². The van der Waals surface area contributed by atoms with E-state index in [2.05, 4.69) is 5.32 Å². The maximum Gasteiger partial charge on any atom is 0.320 e. The molecule has 0 aromatic carbocycles. The Balaban J connectivity index is 0.000000720. The third-order valence-electron chi connectivity index (χ3n) is 2.91. The van der Waals surface area contributed by atoms with Crippen molar-refractivity contribution in [3.63, 3.8) is 0 Å². The molecule has 11 heavy (non-hydrogen) atoms. The highest BCUT2D eigenvalue weighted by molar-refractivity contribution is 5.74. The zero-order valence-electron chi connectivity index (χ0n) is 7.42. The van der Waals surface area contributed by atoms with Gasteiger partial charge in [-0.25, -0.2) is 0 Å². The van der Waals surface area contributed by atoms with Gasteiger partial charge in [-0.2, -0.15) is 0 Å². The maximum atomic E-state index is 10.6. The third kappa shape index (κ3) is 1.13. The van der Waals surface area contributed by atoms with Gasteiger partial charge in [0, 0.05) is 7.47 Å². The highest BCUT2D eigenvalue weighted by Gasteiger charge is 2.39. The minimum absolute atomic E-state index is 0. The Kier molecular flexibility index (Phi) is 1.60. The molecule has 0 spiro atoms. The van der Waals surface area contributed by atoms with Crippen molar-refractivity contribution in [3.8, 4) is 0 Å². The molecule has 2 N–H and O–H groups in total. The number of hydrogen-bond acceptors (Lipinski definition) is 2. The Morgan fingerprint density at radius 2 is 2.36 bits per heavy atom. The van der Waals surface area contributed by atoms with Crippen molar-refractivity contribution >= 4 is 5.97 Å². The highest BCUT2D eigenvalue weighted by Crippen LogP contribution is 2.34. The summed E-state index contributed by atoms with van der Waals surface area (Å²) >= 11 is 0. The lowest BCUT2D eigenvalue weighted by Crippen LogP contribution is -2.34. The summed E-state index contributed by atoms with van der Waals surface area (Å²) in [6.45, 7) is 0. The zero-order chi connectivity index (χ0) is 7.84. The Labute approximate surface area is 67.3 Å². The fraction of sp³-hybridized carbons (Fsp3) is 0.875. The molecule has 2 rings (SSSR count). The molecule has 1 heterocycles. The number of fused-ring (bicyclic) bond motifs is 1. The van der Waals surface area contributed by atoms with Gasteiger partial charge in [0.15, 0.2) is 0 Å². The minimum atomic E-state index is -0.681. The van der Waals surface area contributed by atoms with Gasteiger partial charge >= 0.3 is 5.97 Å². The van der Waals surface area contributed by atoms with Crippen LogP contribution in [-0.4, -0.2) is 23.2 Å². The van der Waals surface area contributed by atoms with E-state index in [9.17, 15) is 4.79 Å². The molecule has 2 aliphatic rings. The van der Waals surface area contributed by atoms with Crippen molar-refractivity contribution in [3.05, 3.63) is 0 Å². The highest BCUT2D eigenvalue weighted by atomic mass is 16.4. The summed E-state index contributed by atoms with van der Waals surface area (Å²) in [6.07, 6.45) is 4.52. The second-order valence-corrected chi connectivity index (χ2v) is 3.59. The van der Waals surface area contributed by atoms with E-state index in [4.69, 9.17) is 5.11 Å². The number of carboxylic acid groups (broad SMARTS) is 1. The summed E-state index contributed by atoms with van der Waals surface area (Å²) in [7, 11) is 0. The summed E-state index contributed by atoms with van der Waals surface area (Å²) in [5.41, 5.74) is 0. The van der Waals surface area contributed by atoms with E-state index in [-0.39, 0.29) is 7.47 Å². The lowest BCUT2D eigenvalue weighted by Gasteiger charge is -2.07. The van der Waals surface area contributed by atoms with Gasteiger partial charge in [-0.05, 0) is 25.2 Å². The van der Waals surface area contributed by atoms with Crippen LogP contribution >= 0.6 is 0 Å². The zero-order valence-corrected chi connectivity index (χ0v) is 6.42. The van der Waals surface area contributed by atoms with Crippen molar-refractivity contribution in [2.24, 2.45) is 5.92 Å². The molecule has 0 unspecified atom stereocenters. The molecule has 0 aromatic rings. The quantitative estimate of drug-likeness (QED) is 0.588. The fourth-order valence-corrected chi connectivity index (χ4v) is 2.34. The molecular weight excluding hydrogens is 142 g/mol. The molecule has 3 nitrogen and oxygen atoms in total. The molecular formula is C8H14NO2. The Bertz CT molecular complexity index is 174. The van der Waals surface area contributed by atoms with Crippen LogP contribution in [0.1, 0.15) is 27.1 Å². The number of carboxylic acids is 1. The fourth-order valence-electron chi connectivity index (χ4n) is 2.34. The SMILES string of the molecule is O=C(O)[C@@H]1C[C@@H]2CCC[C@@H]2N1.[H]. The van der Waals surface area contributed by atoms with E-state index < -0.39 is 5.97 Å². The molecule has 1 aliphatic carbocycles. The van der Waals surface area contributed by atoms with E-state index >= 15 is 0 Å². The average Bonchev–Trinajstić information content (AvgIpc) is 2.40. The van der Waals surface area contributed by atoms with Crippen LogP contribution in [0.25, 0.3) is 0 Å². The monoisotopic (exact) mass is 156 g/mol. The van der Waals surface area contributed by atoms with Crippen molar-refractivity contribution in [2.75, 3.05) is 0 Å².